The van der Waals surface area contributed by atoms with Gasteiger partial charge in [0.2, 0.25) is 5.89 Å². The van der Waals surface area contributed by atoms with Crippen molar-refractivity contribution in [1.29, 1.82) is 0 Å². The molecule has 0 aliphatic heterocycles. The molecule has 0 aliphatic carbocycles. The van der Waals surface area contributed by atoms with Gasteiger partial charge < -0.3 is 14.5 Å². The van der Waals surface area contributed by atoms with Gasteiger partial charge in [-0.25, -0.2) is 0 Å². The van der Waals surface area contributed by atoms with E-state index in [4.69, 9.17) is 4.52 Å². The van der Waals surface area contributed by atoms with E-state index < -0.39 is 6.10 Å². The molecule has 1 N–H and O–H groups in total. The molecule has 0 saturated heterocycles. The minimum Gasteiger partial charge on any atom is -0.388 e. The van der Waals surface area contributed by atoms with Crippen LogP contribution in [0.25, 0.3) is 11.1 Å². The van der Waals surface area contributed by atoms with Crippen LogP contribution in [0.15, 0.2) is 53.1 Å². The number of rotatable bonds is 6. The van der Waals surface area contributed by atoms with Crippen molar-refractivity contribution in [3.63, 3.8) is 0 Å². The SMILES string of the molecule is CC[C@H](O)c1ccc(-c2cccc(C(=O)N(C)Cc3noc(C)n3)c2)cc1. The Balaban J connectivity index is 1.77. The number of aromatic nitrogens is 2. The summed E-state index contributed by atoms with van der Waals surface area (Å²) in [6.45, 7) is 3.94. The molecule has 0 fully saturated rings. The van der Waals surface area contributed by atoms with E-state index in [9.17, 15) is 9.90 Å². The highest BCUT2D eigenvalue weighted by atomic mass is 16.5. The maximum atomic E-state index is 12.7. The van der Waals surface area contributed by atoms with Crippen LogP contribution >= 0.6 is 0 Å². The van der Waals surface area contributed by atoms with Gasteiger partial charge in [-0.15, -0.1) is 0 Å². The zero-order valence-corrected chi connectivity index (χ0v) is 15.7. The molecule has 1 aromatic heterocycles. The molecular formula is C21H23N3O3. The number of carbonyl (C=O) groups excluding carboxylic acids is 1. The van der Waals surface area contributed by atoms with Gasteiger partial charge in [-0.05, 0) is 35.2 Å². The number of benzene rings is 2. The second kappa shape index (κ2) is 8.14. The minimum atomic E-state index is -0.450. The molecule has 0 unspecified atom stereocenters. The standard InChI is InChI=1S/C21H23N3O3/c1-4-19(25)16-10-8-15(9-11-16)17-6-5-7-18(12-17)21(26)24(3)13-20-22-14(2)27-23-20/h5-12,19,25H,4,13H2,1-3H3/t19-/m0/s1. The Bertz CT molecular complexity index is 918. The Kier molecular flexibility index (Phi) is 5.66. The Morgan fingerprint density at radius 2 is 1.93 bits per heavy atom. The topological polar surface area (TPSA) is 79.5 Å². The summed E-state index contributed by atoms with van der Waals surface area (Å²) >= 11 is 0. The van der Waals surface area contributed by atoms with E-state index in [1.165, 1.54) is 0 Å². The first-order chi connectivity index (χ1) is 13.0. The molecule has 6 nitrogen and oxygen atoms in total. The molecule has 0 radical (unpaired) electrons. The number of amides is 1. The molecule has 3 rings (SSSR count). The Morgan fingerprint density at radius 1 is 1.19 bits per heavy atom. The van der Waals surface area contributed by atoms with Crippen molar-refractivity contribution in [1.82, 2.24) is 15.0 Å². The third-order valence-electron chi connectivity index (χ3n) is 4.42. The summed E-state index contributed by atoms with van der Waals surface area (Å²) in [5, 5.41) is 13.8. The van der Waals surface area contributed by atoms with Crippen molar-refractivity contribution in [2.75, 3.05) is 7.05 Å². The maximum absolute atomic E-state index is 12.7. The van der Waals surface area contributed by atoms with Crippen molar-refractivity contribution in [3.05, 3.63) is 71.4 Å². The van der Waals surface area contributed by atoms with E-state index in [0.717, 1.165) is 16.7 Å². The van der Waals surface area contributed by atoms with Gasteiger partial charge in [0.05, 0.1) is 12.6 Å². The summed E-state index contributed by atoms with van der Waals surface area (Å²) in [6, 6.07) is 15.2. The third-order valence-corrected chi connectivity index (χ3v) is 4.42. The van der Waals surface area contributed by atoms with Crippen LogP contribution in [0, 0.1) is 6.92 Å². The molecule has 1 atom stereocenters. The van der Waals surface area contributed by atoms with Gasteiger partial charge in [-0.2, -0.15) is 4.98 Å². The van der Waals surface area contributed by atoms with E-state index in [2.05, 4.69) is 10.1 Å². The largest absolute Gasteiger partial charge is 0.388 e. The molecule has 1 heterocycles. The predicted molar refractivity (Wildman–Crippen MR) is 102 cm³/mol. The van der Waals surface area contributed by atoms with Gasteiger partial charge >= 0.3 is 0 Å². The average Bonchev–Trinajstić information content (AvgIpc) is 3.11. The van der Waals surface area contributed by atoms with Crippen molar-refractivity contribution >= 4 is 5.91 Å². The number of nitrogens with zero attached hydrogens (tertiary/aromatic N) is 3. The first-order valence-corrected chi connectivity index (χ1v) is 8.91. The average molecular weight is 365 g/mol. The van der Waals surface area contributed by atoms with Crippen LogP contribution in [0.3, 0.4) is 0 Å². The smallest absolute Gasteiger partial charge is 0.254 e. The normalized spacial score (nSPS) is 12.0. The Hall–Kier alpha value is -2.99. The lowest BCUT2D eigenvalue weighted by Crippen LogP contribution is -2.26. The number of aryl methyl sites for hydroxylation is 1. The third kappa shape index (κ3) is 4.41. The number of carbonyl (C=O) groups is 1. The molecule has 6 heteroatoms. The van der Waals surface area contributed by atoms with E-state index in [-0.39, 0.29) is 12.5 Å². The van der Waals surface area contributed by atoms with Crippen molar-refractivity contribution < 1.29 is 14.4 Å². The first kappa shape index (κ1) is 18.8. The van der Waals surface area contributed by atoms with Gasteiger partial charge in [-0.3, -0.25) is 4.79 Å². The Morgan fingerprint density at radius 3 is 2.56 bits per heavy atom. The highest BCUT2D eigenvalue weighted by molar-refractivity contribution is 5.95. The van der Waals surface area contributed by atoms with Crippen molar-refractivity contribution in [3.8, 4) is 11.1 Å². The molecule has 0 saturated carbocycles. The fraction of sp³-hybridized carbons (Fsp3) is 0.286. The summed E-state index contributed by atoms with van der Waals surface area (Å²) in [5.41, 5.74) is 3.42. The number of hydrogen-bond donors (Lipinski definition) is 1. The predicted octanol–water partition coefficient (Wildman–Crippen LogP) is 3.76. The molecular weight excluding hydrogens is 342 g/mol. The van der Waals surface area contributed by atoms with E-state index in [1.54, 1.807) is 24.9 Å². The fourth-order valence-electron chi connectivity index (χ4n) is 2.88. The zero-order valence-electron chi connectivity index (χ0n) is 15.7. The summed E-state index contributed by atoms with van der Waals surface area (Å²) in [6.07, 6.45) is 0.227. The summed E-state index contributed by atoms with van der Waals surface area (Å²) in [7, 11) is 1.71. The monoisotopic (exact) mass is 365 g/mol. The molecule has 0 spiro atoms. The molecule has 0 bridgehead atoms. The van der Waals surface area contributed by atoms with Crippen LogP contribution in [0.4, 0.5) is 0 Å². The molecule has 140 valence electrons. The lowest BCUT2D eigenvalue weighted by molar-refractivity contribution is 0.0780. The number of aliphatic hydroxyl groups excluding tert-OH is 1. The van der Waals surface area contributed by atoms with Gasteiger partial charge in [0.1, 0.15) is 0 Å². The van der Waals surface area contributed by atoms with Gasteiger partial charge in [0.15, 0.2) is 5.82 Å². The van der Waals surface area contributed by atoms with Crippen molar-refractivity contribution in [2.24, 2.45) is 0 Å². The molecule has 1 amide bonds. The van der Waals surface area contributed by atoms with Crippen LogP contribution in [0.5, 0.6) is 0 Å². The van der Waals surface area contributed by atoms with Crippen LogP contribution in [-0.2, 0) is 6.54 Å². The van der Waals surface area contributed by atoms with Crippen LogP contribution in [-0.4, -0.2) is 33.1 Å². The highest BCUT2D eigenvalue weighted by Crippen LogP contribution is 2.24. The quantitative estimate of drug-likeness (QED) is 0.719. The van der Waals surface area contributed by atoms with Gasteiger partial charge in [0, 0.05) is 19.5 Å². The fourth-order valence-corrected chi connectivity index (χ4v) is 2.88. The van der Waals surface area contributed by atoms with E-state index in [0.29, 0.717) is 23.7 Å². The lowest BCUT2D eigenvalue weighted by Gasteiger charge is -2.16. The molecule has 3 aromatic rings. The lowest BCUT2D eigenvalue weighted by atomic mass is 9.99. The molecule has 0 aliphatic rings. The Labute approximate surface area is 158 Å². The maximum Gasteiger partial charge on any atom is 0.254 e. The van der Waals surface area contributed by atoms with E-state index in [1.807, 2.05) is 49.4 Å². The number of hydrogen-bond acceptors (Lipinski definition) is 5. The minimum absolute atomic E-state index is 0.114. The number of aliphatic hydroxyl groups is 1. The van der Waals surface area contributed by atoms with Crippen LogP contribution in [0.1, 0.15) is 47.1 Å². The van der Waals surface area contributed by atoms with Crippen LogP contribution < -0.4 is 0 Å². The summed E-state index contributed by atoms with van der Waals surface area (Å²) < 4.78 is 4.95. The van der Waals surface area contributed by atoms with Gasteiger partial charge in [-0.1, -0.05) is 48.5 Å². The second-order valence-corrected chi connectivity index (χ2v) is 6.52. The summed E-state index contributed by atoms with van der Waals surface area (Å²) in [4.78, 5) is 18.4. The van der Waals surface area contributed by atoms with E-state index >= 15 is 0 Å². The zero-order chi connectivity index (χ0) is 19.4. The summed E-state index contributed by atoms with van der Waals surface area (Å²) in [5.74, 6) is 0.839. The molecule has 27 heavy (non-hydrogen) atoms. The first-order valence-electron chi connectivity index (χ1n) is 8.91. The van der Waals surface area contributed by atoms with Crippen LogP contribution in [0.2, 0.25) is 0 Å². The second-order valence-electron chi connectivity index (χ2n) is 6.52. The molecule has 2 aromatic carbocycles. The van der Waals surface area contributed by atoms with Gasteiger partial charge in [0.25, 0.3) is 5.91 Å². The highest BCUT2D eigenvalue weighted by Gasteiger charge is 2.15. The van der Waals surface area contributed by atoms with Crippen molar-refractivity contribution in [2.45, 2.75) is 32.9 Å².